The van der Waals surface area contributed by atoms with Crippen molar-refractivity contribution in [1.29, 1.82) is 0 Å². The number of carboxylic acid groups (broad SMARTS) is 1. The maximum atomic E-state index is 11.3. The second kappa shape index (κ2) is 5.53. The van der Waals surface area contributed by atoms with Crippen LogP contribution in [-0.4, -0.2) is 52.9 Å². The fourth-order valence-electron chi connectivity index (χ4n) is 0.972. The molecule has 7 heteroatoms. The number of halogens is 2. The molecule has 0 aromatic heterocycles. The van der Waals surface area contributed by atoms with E-state index in [1.807, 2.05) is 0 Å². The van der Waals surface area contributed by atoms with E-state index in [1.165, 1.54) is 25.9 Å². The molecular weight excluding hydrogens is 243 g/mol. The number of hydrogen-bond acceptors (Lipinski definition) is 3. The van der Waals surface area contributed by atoms with Crippen molar-refractivity contribution in [3.8, 4) is 0 Å². The van der Waals surface area contributed by atoms with Gasteiger partial charge >= 0.3 is 5.97 Å². The molecule has 1 unspecified atom stereocenters. The van der Waals surface area contributed by atoms with Crippen LogP contribution >= 0.6 is 23.2 Å². The monoisotopic (exact) mass is 256 g/mol. The highest BCUT2D eigenvalue weighted by Crippen LogP contribution is 2.10. The van der Waals surface area contributed by atoms with Gasteiger partial charge in [-0.15, -0.1) is 0 Å². The Morgan fingerprint density at radius 1 is 1.53 bits per heavy atom. The number of rotatable bonds is 5. The molecule has 0 rings (SSSR count). The molecule has 1 atom stereocenters. The van der Waals surface area contributed by atoms with Crippen LogP contribution in [0.2, 0.25) is 0 Å². The van der Waals surface area contributed by atoms with Gasteiger partial charge in [-0.05, 0) is 14.0 Å². The molecule has 0 heterocycles. The van der Waals surface area contributed by atoms with Crippen LogP contribution in [-0.2, 0) is 9.59 Å². The van der Waals surface area contributed by atoms with Gasteiger partial charge in [-0.3, -0.25) is 9.59 Å². The van der Waals surface area contributed by atoms with Crippen molar-refractivity contribution in [1.82, 2.24) is 10.2 Å². The minimum absolute atomic E-state index is 0.0202. The number of nitrogens with one attached hydrogen (secondary N) is 1. The van der Waals surface area contributed by atoms with Crippen LogP contribution in [0.5, 0.6) is 0 Å². The first-order chi connectivity index (χ1) is 6.74. The molecule has 0 fully saturated rings. The van der Waals surface area contributed by atoms with Gasteiger partial charge < -0.3 is 15.3 Å². The molecule has 88 valence electrons. The van der Waals surface area contributed by atoms with E-state index < -0.39 is 22.3 Å². The number of carbonyl (C=O) groups excluding carboxylic acids is 1. The molecule has 0 saturated carbocycles. The first-order valence-electron chi connectivity index (χ1n) is 4.20. The maximum Gasteiger partial charge on any atom is 0.325 e. The van der Waals surface area contributed by atoms with E-state index >= 15 is 0 Å². The molecule has 0 aliphatic heterocycles. The zero-order valence-electron chi connectivity index (χ0n) is 8.75. The lowest BCUT2D eigenvalue weighted by Gasteiger charge is -2.29. The Morgan fingerprint density at radius 2 is 2.00 bits per heavy atom. The summed E-state index contributed by atoms with van der Waals surface area (Å²) in [7, 11) is 2.95. The molecule has 15 heavy (non-hydrogen) atoms. The van der Waals surface area contributed by atoms with Crippen molar-refractivity contribution in [3.05, 3.63) is 0 Å². The molecule has 1 amide bonds. The number of alkyl halides is 2. The zero-order chi connectivity index (χ0) is 12.2. The summed E-state index contributed by atoms with van der Waals surface area (Å²) in [6.45, 7) is 1.45. The van der Waals surface area contributed by atoms with Crippen LogP contribution in [0.25, 0.3) is 0 Å². The largest absolute Gasteiger partial charge is 0.480 e. The van der Waals surface area contributed by atoms with Gasteiger partial charge in [0, 0.05) is 13.6 Å². The Labute approximate surface area is 98.3 Å². The highest BCUT2D eigenvalue weighted by Gasteiger charge is 2.34. The van der Waals surface area contributed by atoms with Gasteiger partial charge in [0.25, 0.3) is 5.91 Å². The molecule has 0 aromatic carbocycles. The fraction of sp³-hybridized carbons (Fsp3) is 0.750. The summed E-state index contributed by atoms with van der Waals surface area (Å²) in [5.74, 6) is -1.58. The Kier molecular flexibility index (Phi) is 5.34. The van der Waals surface area contributed by atoms with E-state index in [1.54, 1.807) is 0 Å². The number of carbonyl (C=O) groups is 2. The van der Waals surface area contributed by atoms with Gasteiger partial charge in [-0.1, -0.05) is 23.2 Å². The minimum Gasteiger partial charge on any atom is -0.480 e. The van der Waals surface area contributed by atoms with Gasteiger partial charge in [0.1, 0.15) is 5.54 Å². The highest BCUT2D eigenvalue weighted by atomic mass is 35.5. The lowest BCUT2D eigenvalue weighted by molar-refractivity contribution is -0.145. The molecule has 5 nitrogen and oxygen atoms in total. The van der Waals surface area contributed by atoms with Crippen LogP contribution in [0.3, 0.4) is 0 Å². The number of hydrogen-bond donors (Lipinski definition) is 2. The van der Waals surface area contributed by atoms with Gasteiger partial charge in [-0.25, -0.2) is 0 Å². The number of likely N-dealkylation sites (N-methyl/N-ethyl adjacent to an activating group) is 2. The van der Waals surface area contributed by atoms with Crippen molar-refractivity contribution in [2.24, 2.45) is 0 Å². The van der Waals surface area contributed by atoms with Crippen molar-refractivity contribution >= 4 is 35.1 Å². The third-order valence-electron chi connectivity index (χ3n) is 2.14. The highest BCUT2D eigenvalue weighted by molar-refractivity contribution is 6.53. The van der Waals surface area contributed by atoms with E-state index in [0.717, 1.165) is 0 Å². The van der Waals surface area contributed by atoms with Gasteiger partial charge in [0.2, 0.25) is 0 Å². The summed E-state index contributed by atoms with van der Waals surface area (Å²) in [4.78, 5) is 22.2. The Balaban J connectivity index is 4.57. The Hall–Kier alpha value is -0.520. The summed E-state index contributed by atoms with van der Waals surface area (Å²) in [5.41, 5.74) is -1.22. The number of amides is 1. The number of nitrogens with zero attached hydrogens (tertiary/aromatic N) is 1. The van der Waals surface area contributed by atoms with Crippen LogP contribution in [0, 0.1) is 0 Å². The normalized spacial score (nSPS) is 14.8. The lowest BCUT2D eigenvalue weighted by atomic mass is 10.0. The molecular formula is C8H14Cl2N2O3. The van der Waals surface area contributed by atoms with E-state index in [2.05, 4.69) is 5.32 Å². The lowest BCUT2D eigenvalue weighted by Crippen LogP contribution is -2.56. The van der Waals surface area contributed by atoms with Gasteiger partial charge in [0.15, 0.2) is 4.84 Å². The SMILES string of the molecule is CNC(C)(CN(C)C(=O)C(Cl)Cl)C(=O)O. The third-order valence-corrected chi connectivity index (χ3v) is 2.51. The quantitative estimate of drug-likeness (QED) is 0.695. The summed E-state index contributed by atoms with van der Waals surface area (Å²) < 4.78 is 0. The average Bonchev–Trinajstić information content (AvgIpc) is 2.15. The standard InChI is InChI=1S/C8H14Cl2N2O3/c1-8(11-2,7(14)15)4-12(3)6(13)5(9)10/h5,11H,4H2,1-3H3,(H,14,15). The van der Waals surface area contributed by atoms with Gasteiger partial charge in [0.05, 0.1) is 0 Å². The summed E-state index contributed by atoms with van der Waals surface area (Å²) >= 11 is 10.8. The average molecular weight is 257 g/mol. The van der Waals surface area contributed by atoms with Crippen molar-refractivity contribution in [2.75, 3.05) is 20.6 Å². The molecule has 0 radical (unpaired) electrons. The Morgan fingerprint density at radius 3 is 2.27 bits per heavy atom. The van der Waals surface area contributed by atoms with Crippen LogP contribution in [0.4, 0.5) is 0 Å². The molecule has 0 spiro atoms. The summed E-state index contributed by atoms with van der Waals surface area (Å²) in [6, 6.07) is 0. The maximum absolute atomic E-state index is 11.3. The topological polar surface area (TPSA) is 69.6 Å². The van der Waals surface area contributed by atoms with Crippen LogP contribution in [0.1, 0.15) is 6.92 Å². The van der Waals surface area contributed by atoms with E-state index in [9.17, 15) is 9.59 Å². The molecule has 2 N–H and O–H groups in total. The molecule has 0 aliphatic rings. The van der Waals surface area contributed by atoms with Gasteiger partial charge in [-0.2, -0.15) is 0 Å². The summed E-state index contributed by atoms with van der Waals surface area (Å²) in [6.07, 6.45) is 0. The van der Waals surface area contributed by atoms with Crippen molar-refractivity contribution in [3.63, 3.8) is 0 Å². The molecule has 0 aromatic rings. The van der Waals surface area contributed by atoms with E-state index in [0.29, 0.717) is 0 Å². The van der Waals surface area contributed by atoms with Crippen LogP contribution in [0.15, 0.2) is 0 Å². The number of aliphatic carboxylic acids is 1. The number of carboxylic acids is 1. The Bertz CT molecular complexity index is 260. The smallest absolute Gasteiger partial charge is 0.325 e. The zero-order valence-corrected chi connectivity index (χ0v) is 10.3. The second-order valence-corrected chi connectivity index (χ2v) is 4.48. The molecule has 0 bridgehead atoms. The summed E-state index contributed by atoms with van der Waals surface area (Å²) in [5, 5.41) is 11.6. The first kappa shape index (κ1) is 14.5. The molecule has 0 aliphatic carbocycles. The molecule has 0 saturated heterocycles. The second-order valence-electron chi connectivity index (χ2n) is 3.38. The van der Waals surface area contributed by atoms with Crippen LogP contribution < -0.4 is 5.32 Å². The van der Waals surface area contributed by atoms with Crippen molar-refractivity contribution < 1.29 is 14.7 Å². The predicted molar refractivity (Wildman–Crippen MR) is 58.2 cm³/mol. The predicted octanol–water partition coefficient (Wildman–Crippen LogP) is 0.311. The first-order valence-corrected chi connectivity index (χ1v) is 5.07. The fourth-order valence-corrected chi connectivity index (χ4v) is 1.31. The van der Waals surface area contributed by atoms with E-state index in [-0.39, 0.29) is 6.54 Å². The van der Waals surface area contributed by atoms with E-state index in [4.69, 9.17) is 28.3 Å². The van der Waals surface area contributed by atoms with Crippen molar-refractivity contribution in [2.45, 2.75) is 17.3 Å². The third kappa shape index (κ3) is 3.85. The minimum atomic E-state index is -1.22.